The minimum Gasteiger partial charge on any atom is -0.493 e. The van der Waals surface area contributed by atoms with Crippen molar-refractivity contribution < 1.29 is 19.4 Å². The zero-order valence-electron chi connectivity index (χ0n) is 13.5. The number of benzene rings is 2. The lowest BCUT2D eigenvalue weighted by atomic mass is 10.0. The number of carboxylic acid groups (broad SMARTS) is 1. The van der Waals surface area contributed by atoms with E-state index in [9.17, 15) is 9.59 Å². The van der Waals surface area contributed by atoms with Gasteiger partial charge in [-0.1, -0.05) is 43.7 Å². The number of aliphatic carboxylic acids is 1. The molecule has 0 radical (unpaired) electrons. The van der Waals surface area contributed by atoms with E-state index in [1.165, 1.54) is 0 Å². The molecular weight excluding hydrogens is 326 g/mol. The third-order valence-electron chi connectivity index (χ3n) is 3.66. The van der Waals surface area contributed by atoms with Crippen molar-refractivity contribution in [1.29, 1.82) is 0 Å². The fraction of sp³-hybridized carbons (Fsp3) is 0.333. The lowest BCUT2D eigenvalue weighted by Crippen LogP contribution is -2.42. The lowest BCUT2D eigenvalue weighted by Gasteiger charge is -2.16. The minimum atomic E-state index is -1.12. The van der Waals surface area contributed by atoms with Gasteiger partial charge in [-0.05, 0) is 23.3 Å². The summed E-state index contributed by atoms with van der Waals surface area (Å²) in [6.45, 7) is 2.56. The molecule has 0 aliphatic carbocycles. The highest BCUT2D eigenvalue weighted by Gasteiger charge is 2.23. The lowest BCUT2D eigenvalue weighted by molar-refractivity contribution is -0.138. The fourth-order valence-corrected chi connectivity index (χ4v) is 2.60. The van der Waals surface area contributed by atoms with Gasteiger partial charge in [-0.2, -0.15) is 12.6 Å². The van der Waals surface area contributed by atoms with Crippen molar-refractivity contribution in [3.8, 4) is 5.75 Å². The maximum Gasteiger partial charge on any atom is 0.327 e. The van der Waals surface area contributed by atoms with E-state index >= 15 is 0 Å². The van der Waals surface area contributed by atoms with Crippen molar-refractivity contribution in [3.05, 3.63) is 42.0 Å². The monoisotopic (exact) mass is 347 g/mol. The van der Waals surface area contributed by atoms with Crippen LogP contribution in [0.4, 0.5) is 0 Å². The highest BCUT2D eigenvalue weighted by atomic mass is 32.1. The molecule has 0 aromatic heterocycles. The van der Waals surface area contributed by atoms with Gasteiger partial charge < -0.3 is 15.2 Å². The van der Waals surface area contributed by atoms with Crippen LogP contribution in [0.5, 0.6) is 5.75 Å². The molecular formula is C18H21NO4S. The maximum absolute atomic E-state index is 12.7. The quantitative estimate of drug-likeness (QED) is 0.506. The molecule has 24 heavy (non-hydrogen) atoms. The van der Waals surface area contributed by atoms with Crippen LogP contribution in [0.25, 0.3) is 10.8 Å². The van der Waals surface area contributed by atoms with E-state index < -0.39 is 17.9 Å². The van der Waals surface area contributed by atoms with Gasteiger partial charge in [0.1, 0.15) is 11.8 Å². The largest absolute Gasteiger partial charge is 0.493 e. The minimum absolute atomic E-state index is 0.0118. The van der Waals surface area contributed by atoms with Crippen molar-refractivity contribution in [1.82, 2.24) is 5.32 Å². The molecule has 6 heteroatoms. The van der Waals surface area contributed by atoms with Crippen molar-refractivity contribution in [2.24, 2.45) is 0 Å². The summed E-state index contributed by atoms with van der Waals surface area (Å²) < 4.78 is 5.76. The highest BCUT2D eigenvalue weighted by molar-refractivity contribution is 7.80. The molecule has 1 amide bonds. The molecule has 0 spiro atoms. The number of unbranched alkanes of at least 4 members (excludes halogenated alkanes) is 1. The molecule has 0 bridgehead atoms. The third-order valence-corrected chi connectivity index (χ3v) is 4.02. The van der Waals surface area contributed by atoms with E-state index in [2.05, 4.69) is 24.9 Å². The molecule has 2 aromatic rings. The van der Waals surface area contributed by atoms with Crippen LogP contribution in [-0.2, 0) is 4.79 Å². The molecule has 0 saturated heterocycles. The molecule has 2 rings (SSSR count). The Bertz CT molecular complexity index is 732. The van der Waals surface area contributed by atoms with Gasteiger partial charge >= 0.3 is 5.97 Å². The first-order valence-corrected chi connectivity index (χ1v) is 8.50. The Hall–Kier alpha value is -2.21. The summed E-state index contributed by atoms with van der Waals surface area (Å²) in [5.41, 5.74) is 0.359. The molecule has 0 fully saturated rings. The maximum atomic E-state index is 12.7. The van der Waals surface area contributed by atoms with Gasteiger partial charge in [-0.15, -0.1) is 0 Å². The SMILES string of the molecule is CCCCOc1ccc2ccccc2c1C(=O)N[C@@H](CS)C(=O)O. The summed E-state index contributed by atoms with van der Waals surface area (Å²) in [7, 11) is 0. The van der Waals surface area contributed by atoms with Gasteiger partial charge in [0.2, 0.25) is 0 Å². The second-order valence-electron chi connectivity index (χ2n) is 5.41. The van der Waals surface area contributed by atoms with Crippen LogP contribution < -0.4 is 10.1 Å². The average Bonchev–Trinajstić information content (AvgIpc) is 2.59. The van der Waals surface area contributed by atoms with Gasteiger partial charge in [0.15, 0.2) is 0 Å². The second-order valence-corrected chi connectivity index (χ2v) is 5.77. The highest BCUT2D eigenvalue weighted by Crippen LogP contribution is 2.28. The standard InChI is InChI=1S/C18H21NO4S/c1-2-3-10-23-15-9-8-12-6-4-5-7-13(12)16(15)17(20)19-14(11-24)18(21)22/h4-9,14,24H,2-3,10-11H2,1H3,(H,19,20)(H,21,22)/t14-/m0/s1. The number of amides is 1. The molecule has 0 saturated carbocycles. The molecule has 0 heterocycles. The summed E-state index contributed by atoms with van der Waals surface area (Å²) >= 11 is 3.98. The van der Waals surface area contributed by atoms with Gasteiger partial charge in [-0.25, -0.2) is 4.79 Å². The Morgan fingerprint density at radius 1 is 1.25 bits per heavy atom. The average molecular weight is 347 g/mol. The van der Waals surface area contributed by atoms with E-state index in [1.54, 1.807) is 6.07 Å². The van der Waals surface area contributed by atoms with Crippen LogP contribution in [0.2, 0.25) is 0 Å². The first kappa shape index (κ1) is 18.1. The van der Waals surface area contributed by atoms with Crippen LogP contribution in [0.15, 0.2) is 36.4 Å². The van der Waals surface area contributed by atoms with E-state index in [-0.39, 0.29) is 5.75 Å². The van der Waals surface area contributed by atoms with Crippen LogP contribution in [0.1, 0.15) is 30.1 Å². The number of rotatable bonds is 8. The molecule has 1 atom stereocenters. The van der Waals surface area contributed by atoms with Gasteiger partial charge in [0.25, 0.3) is 5.91 Å². The number of thiol groups is 1. The Kier molecular flexibility index (Phi) is 6.49. The van der Waals surface area contributed by atoms with Crippen molar-refractivity contribution in [2.45, 2.75) is 25.8 Å². The molecule has 0 unspecified atom stereocenters. The number of hydrogen-bond acceptors (Lipinski definition) is 4. The molecule has 128 valence electrons. The van der Waals surface area contributed by atoms with Gasteiger partial charge in [0, 0.05) is 5.75 Å². The Morgan fingerprint density at radius 3 is 2.67 bits per heavy atom. The number of carbonyl (C=O) groups excluding carboxylic acids is 1. The fourth-order valence-electron chi connectivity index (χ4n) is 2.35. The molecule has 5 nitrogen and oxygen atoms in total. The third kappa shape index (κ3) is 4.20. The normalized spacial score (nSPS) is 11.9. The van der Waals surface area contributed by atoms with Crippen molar-refractivity contribution in [2.75, 3.05) is 12.4 Å². The van der Waals surface area contributed by atoms with Crippen LogP contribution in [0, 0.1) is 0 Å². The number of carbonyl (C=O) groups is 2. The molecule has 2 aromatic carbocycles. The van der Waals surface area contributed by atoms with Gasteiger partial charge in [0.05, 0.1) is 12.2 Å². The first-order valence-electron chi connectivity index (χ1n) is 7.87. The summed E-state index contributed by atoms with van der Waals surface area (Å²) in [5.74, 6) is -1.12. The van der Waals surface area contributed by atoms with Crippen molar-refractivity contribution in [3.63, 3.8) is 0 Å². The van der Waals surface area contributed by atoms with Gasteiger partial charge in [-0.3, -0.25) is 4.79 Å². The Morgan fingerprint density at radius 2 is 2.00 bits per heavy atom. The number of carboxylic acids is 1. The molecule has 0 aliphatic heterocycles. The van der Waals surface area contributed by atoms with E-state index in [4.69, 9.17) is 9.84 Å². The predicted molar refractivity (Wildman–Crippen MR) is 97.1 cm³/mol. The zero-order valence-corrected chi connectivity index (χ0v) is 14.4. The summed E-state index contributed by atoms with van der Waals surface area (Å²) in [6, 6.07) is 10.0. The molecule has 2 N–H and O–H groups in total. The van der Waals surface area contributed by atoms with E-state index in [0.717, 1.165) is 23.6 Å². The number of ether oxygens (including phenoxy) is 1. The number of nitrogens with one attached hydrogen (secondary N) is 1. The molecule has 0 aliphatic rings. The first-order chi connectivity index (χ1) is 11.6. The van der Waals surface area contributed by atoms with Crippen LogP contribution in [0.3, 0.4) is 0 Å². The van der Waals surface area contributed by atoms with Crippen LogP contribution in [-0.4, -0.2) is 35.4 Å². The Balaban J connectivity index is 2.41. The Labute approximate surface area is 146 Å². The smallest absolute Gasteiger partial charge is 0.327 e. The summed E-state index contributed by atoms with van der Waals surface area (Å²) in [6.07, 6.45) is 1.86. The number of fused-ring (bicyclic) bond motifs is 1. The number of hydrogen-bond donors (Lipinski definition) is 3. The predicted octanol–water partition coefficient (Wildman–Crippen LogP) is 3.13. The summed E-state index contributed by atoms with van der Waals surface area (Å²) in [5, 5.41) is 13.3. The summed E-state index contributed by atoms with van der Waals surface area (Å²) in [4.78, 5) is 23.9. The second kappa shape index (κ2) is 8.59. The van der Waals surface area contributed by atoms with Crippen molar-refractivity contribution >= 4 is 35.3 Å². The van der Waals surface area contributed by atoms with Crippen LogP contribution >= 0.6 is 12.6 Å². The zero-order chi connectivity index (χ0) is 17.5. The van der Waals surface area contributed by atoms with E-state index in [0.29, 0.717) is 17.9 Å². The topological polar surface area (TPSA) is 75.6 Å². The van der Waals surface area contributed by atoms with E-state index in [1.807, 2.05) is 30.3 Å².